The average molecular weight is 313 g/mol. The monoisotopic (exact) mass is 312 g/mol. The first kappa shape index (κ1) is 15.6. The van der Waals surface area contributed by atoms with E-state index in [-0.39, 0.29) is 17.9 Å². The molecule has 1 aliphatic heterocycles. The van der Waals surface area contributed by atoms with Crippen LogP contribution < -0.4 is 20.1 Å². The van der Waals surface area contributed by atoms with Gasteiger partial charge in [0.15, 0.2) is 11.5 Å². The van der Waals surface area contributed by atoms with E-state index in [0.29, 0.717) is 35.9 Å². The van der Waals surface area contributed by atoms with Crippen LogP contribution in [0.2, 0.25) is 5.02 Å². The van der Waals surface area contributed by atoms with Crippen molar-refractivity contribution in [3.63, 3.8) is 0 Å². The lowest BCUT2D eigenvalue weighted by atomic mass is 10.1. The molecule has 1 aliphatic rings. The third kappa shape index (κ3) is 3.65. The molecule has 0 saturated carbocycles. The fourth-order valence-electron chi connectivity index (χ4n) is 2.20. The van der Waals surface area contributed by atoms with Crippen molar-refractivity contribution in [2.24, 2.45) is 0 Å². The number of hydrogen-bond acceptors (Lipinski definition) is 5. The summed E-state index contributed by atoms with van der Waals surface area (Å²) in [5, 5.41) is 5.85. The molecule has 2 amide bonds. The number of hydrogen-bond donors (Lipinski definition) is 2. The molecule has 0 aromatic heterocycles. The highest BCUT2D eigenvalue weighted by molar-refractivity contribution is 6.32. The average Bonchev–Trinajstić information content (AvgIpc) is 2.45. The third-order valence-electron chi connectivity index (χ3n) is 3.29. The first-order chi connectivity index (χ1) is 10.0. The predicted octanol–water partition coefficient (Wildman–Crippen LogP) is 1.25. The van der Waals surface area contributed by atoms with Crippen molar-refractivity contribution in [3.8, 4) is 11.5 Å². The number of carbonyl (C=O) groups excluding carboxylic acids is 2. The van der Waals surface area contributed by atoms with Gasteiger partial charge in [-0.3, -0.25) is 14.9 Å². The van der Waals surface area contributed by atoms with E-state index in [1.165, 1.54) is 14.2 Å². The second-order valence-electron chi connectivity index (χ2n) is 4.70. The van der Waals surface area contributed by atoms with E-state index in [1.54, 1.807) is 12.1 Å². The van der Waals surface area contributed by atoms with Gasteiger partial charge in [0.2, 0.25) is 11.8 Å². The van der Waals surface area contributed by atoms with Gasteiger partial charge < -0.3 is 14.8 Å². The minimum atomic E-state index is -0.380. The maximum atomic E-state index is 11.7. The molecule has 0 bridgehead atoms. The molecule has 0 aliphatic carbocycles. The SMILES string of the molecule is COc1cc(CNC2CCC(=O)NC2=O)cc(Cl)c1OC. The molecule has 1 fully saturated rings. The number of imide groups is 1. The van der Waals surface area contributed by atoms with E-state index >= 15 is 0 Å². The van der Waals surface area contributed by atoms with Gasteiger partial charge in [0.25, 0.3) is 0 Å². The van der Waals surface area contributed by atoms with Crippen molar-refractivity contribution in [3.05, 3.63) is 22.7 Å². The van der Waals surface area contributed by atoms with Gasteiger partial charge in [0.1, 0.15) is 0 Å². The summed E-state index contributed by atoms with van der Waals surface area (Å²) in [5.74, 6) is 0.485. The number of methoxy groups -OCH3 is 2. The highest BCUT2D eigenvalue weighted by Gasteiger charge is 2.26. The smallest absolute Gasteiger partial charge is 0.243 e. The zero-order chi connectivity index (χ0) is 15.4. The summed E-state index contributed by atoms with van der Waals surface area (Å²) in [6, 6.07) is 3.17. The van der Waals surface area contributed by atoms with Crippen LogP contribution >= 0.6 is 11.6 Å². The van der Waals surface area contributed by atoms with Crippen LogP contribution in [0.15, 0.2) is 12.1 Å². The van der Waals surface area contributed by atoms with Crippen LogP contribution in [-0.2, 0) is 16.1 Å². The van der Waals surface area contributed by atoms with Gasteiger partial charge in [-0.25, -0.2) is 0 Å². The van der Waals surface area contributed by atoms with Gasteiger partial charge in [-0.05, 0) is 24.1 Å². The number of benzene rings is 1. The van der Waals surface area contributed by atoms with Gasteiger partial charge in [-0.1, -0.05) is 11.6 Å². The van der Waals surface area contributed by atoms with Crippen LogP contribution in [0.1, 0.15) is 18.4 Å². The Bertz CT molecular complexity index is 562. The molecule has 1 aromatic carbocycles. The predicted molar refractivity (Wildman–Crippen MR) is 77.6 cm³/mol. The van der Waals surface area contributed by atoms with Gasteiger partial charge in [0, 0.05) is 13.0 Å². The van der Waals surface area contributed by atoms with Gasteiger partial charge in [-0.15, -0.1) is 0 Å². The Balaban J connectivity index is 2.05. The lowest BCUT2D eigenvalue weighted by molar-refractivity contribution is -0.134. The fraction of sp³-hybridized carbons (Fsp3) is 0.429. The minimum absolute atomic E-state index is 0.229. The summed E-state index contributed by atoms with van der Waals surface area (Å²) >= 11 is 6.13. The molecule has 0 radical (unpaired) electrons. The van der Waals surface area contributed by atoms with Gasteiger partial charge in [-0.2, -0.15) is 0 Å². The fourth-order valence-corrected chi connectivity index (χ4v) is 2.51. The molecular weight excluding hydrogens is 296 g/mol. The van der Waals surface area contributed by atoms with Crippen molar-refractivity contribution in [1.82, 2.24) is 10.6 Å². The minimum Gasteiger partial charge on any atom is -0.493 e. The summed E-state index contributed by atoms with van der Waals surface area (Å²) in [6.07, 6.45) is 0.835. The molecule has 1 atom stereocenters. The lowest BCUT2D eigenvalue weighted by Gasteiger charge is -2.22. The van der Waals surface area contributed by atoms with Crippen LogP contribution in [-0.4, -0.2) is 32.1 Å². The Morgan fingerprint density at radius 2 is 2.10 bits per heavy atom. The van der Waals surface area contributed by atoms with Crippen LogP contribution in [0.5, 0.6) is 11.5 Å². The standard InChI is InChI=1S/C14H17ClN2O4/c1-20-11-6-8(5-9(15)13(11)21-2)7-16-10-3-4-12(18)17-14(10)19/h5-6,10,16H,3-4,7H2,1-2H3,(H,17,18,19). The van der Waals surface area contributed by atoms with Crippen LogP contribution in [0.3, 0.4) is 0 Å². The molecule has 114 valence electrons. The normalized spacial score (nSPS) is 18.3. The number of piperidine rings is 1. The summed E-state index contributed by atoms with van der Waals surface area (Å²) < 4.78 is 10.4. The van der Waals surface area contributed by atoms with E-state index in [9.17, 15) is 9.59 Å². The van der Waals surface area contributed by atoms with Crippen LogP contribution in [0, 0.1) is 0 Å². The number of halogens is 1. The van der Waals surface area contributed by atoms with E-state index < -0.39 is 0 Å². The van der Waals surface area contributed by atoms with Crippen LogP contribution in [0.25, 0.3) is 0 Å². The molecule has 1 saturated heterocycles. The van der Waals surface area contributed by atoms with Gasteiger partial charge >= 0.3 is 0 Å². The van der Waals surface area contributed by atoms with E-state index in [2.05, 4.69) is 10.6 Å². The second-order valence-corrected chi connectivity index (χ2v) is 5.10. The van der Waals surface area contributed by atoms with Crippen molar-refractivity contribution >= 4 is 23.4 Å². The Labute approximate surface area is 127 Å². The summed E-state index contributed by atoms with van der Waals surface area (Å²) in [6.45, 7) is 0.437. The number of ether oxygens (including phenoxy) is 2. The molecule has 0 spiro atoms. The Morgan fingerprint density at radius 3 is 2.71 bits per heavy atom. The molecule has 1 heterocycles. The van der Waals surface area contributed by atoms with Crippen molar-refractivity contribution in [2.75, 3.05) is 14.2 Å². The molecule has 6 nitrogen and oxygen atoms in total. The van der Waals surface area contributed by atoms with E-state index in [0.717, 1.165) is 5.56 Å². The highest BCUT2D eigenvalue weighted by atomic mass is 35.5. The zero-order valence-corrected chi connectivity index (χ0v) is 12.6. The maximum Gasteiger partial charge on any atom is 0.243 e. The number of nitrogens with one attached hydrogen (secondary N) is 2. The first-order valence-electron chi connectivity index (χ1n) is 6.52. The van der Waals surface area contributed by atoms with E-state index in [1.807, 2.05) is 0 Å². The van der Waals surface area contributed by atoms with Crippen LogP contribution in [0.4, 0.5) is 0 Å². The maximum absolute atomic E-state index is 11.7. The molecule has 21 heavy (non-hydrogen) atoms. The first-order valence-corrected chi connectivity index (χ1v) is 6.90. The molecule has 2 N–H and O–H groups in total. The number of amides is 2. The van der Waals surface area contributed by atoms with Crippen molar-refractivity contribution in [2.45, 2.75) is 25.4 Å². The second kappa shape index (κ2) is 6.78. The number of rotatable bonds is 5. The van der Waals surface area contributed by atoms with E-state index in [4.69, 9.17) is 21.1 Å². The third-order valence-corrected chi connectivity index (χ3v) is 3.57. The largest absolute Gasteiger partial charge is 0.493 e. The Kier molecular flexibility index (Phi) is 5.03. The molecular formula is C14H17ClN2O4. The quantitative estimate of drug-likeness (QED) is 0.800. The van der Waals surface area contributed by atoms with Crippen molar-refractivity contribution in [1.29, 1.82) is 0 Å². The summed E-state index contributed by atoms with van der Waals surface area (Å²) in [7, 11) is 3.05. The van der Waals surface area contributed by atoms with Crippen molar-refractivity contribution < 1.29 is 19.1 Å². The zero-order valence-electron chi connectivity index (χ0n) is 11.9. The summed E-state index contributed by atoms with van der Waals surface area (Å²) in [4.78, 5) is 22.7. The topological polar surface area (TPSA) is 76.7 Å². The molecule has 1 unspecified atom stereocenters. The molecule has 7 heteroatoms. The number of carbonyl (C=O) groups is 2. The summed E-state index contributed by atoms with van der Waals surface area (Å²) in [5.41, 5.74) is 0.863. The Hall–Kier alpha value is -1.79. The van der Waals surface area contributed by atoms with Gasteiger partial charge in [0.05, 0.1) is 25.3 Å². The lowest BCUT2D eigenvalue weighted by Crippen LogP contribution is -2.50. The highest BCUT2D eigenvalue weighted by Crippen LogP contribution is 2.35. The molecule has 1 aromatic rings. The Morgan fingerprint density at radius 1 is 1.33 bits per heavy atom. The molecule has 2 rings (SSSR count).